The number of rotatable bonds is 4. The monoisotopic (exact) mass is 470 g/mol. The van der Waals surface area contributed by atoms with Gasteiger partial charge in [0.15, 0.2) is 5.11 Å². The Hall–Kier alpha value is -2.20. The molecule has 6 nitrogen and oxygen atoms in total. The van der Waals surface area contributed by atoms with Gasteiger partial charge in [-0.3, -0.25) is 10.1 Å². The molecule has 0 saturated heterocycles. The fraction of sp³-hybridized carbons (Fsp3) is 0.118. The zero-order valence-corrected chi connectivity index (χ0v) is 16.4. The van der Waals surface area contributed by atoms with Crippen molar-refractivity contribution in [2.45, 2.75) is 0 Å². The molecule has 25 heavy (non-hydrogen) atoms. The molecular weight excluding hydrogens is 455 g/mol. The van der Waals surface area contributed by atoms with Gasteiger partial charge in [0.1, 0.15) is 5.75 Å². The maximum absolute atomic E-state index is 12.2. The largest absolute Gasteiger partial charge is 0.496 e. The quantitative estimate of drug-likeness (QED) is 0.406. The Balaban J connectivity index is 1.98. The molecule has 0 saturated carbocycles. The van der Waals surface area contributed by atoms with Gasteiger partial charge in [-0.25, -0.2) is 4.79 Å². The average Bonchev–Trinajstić information content (AvgIpc) is 2.61. The Labute approximate surface area is 164 Å². The first kappa shape index (κ1) is 19.1. The molecule has 8 heteroatoms. The lowest BCUT2D eigenvalue weighted by atomic mass is 10.2. The van der Waals surface area contributed by atoms with Crippen LogP contribution in [0.1, 0.15) is 20.7 Å². The first-order valence-electron chi connectivity index (χ1n) is 7.09. The van der Waals surface area contributed by atoms with Gasteiger partial charge >= 0.3 is 5.97 Å². The number of anilines is 1. The van der Waals surface area contributed by atoms with Gasteiger partial charge in [0.25, 0.3) is 5.91 Å². The smallest absolute Gasteiger partial charge is 0.337 e. The second kappa shape index (κ2) is 8.77. The first-order chi connectivity index (χ1) is 11.9. The molecule has 0 bridgehead atoms. The molecule has 0 spiro atoms. The molecule has 0 fully saturated rings. The number of carbonyl (C=O) groups excluding carboxylic acids is 2. The topological polar surface area (TPSA) is 76.7 Å². The minimum absolute atomic E-state index is 0.154. The Bertz CT molecular complexity index is 809. The molecule has 1 amide bonds. The van der Waals surface area contributed by atoms with Crippen LogP contribution in [0.15, 0.2) is 42.5 Å². The third-order valence-electron chi connectivity index (χ3n) is 3.20. The van der Waals surface area contributed by atoms with Crippen LogP contribution < -0.4 is 15.4 Å². The van der Waals surface area contributed by atoms with E-state index in [4.69, 9.17) is 17.0 Å². The van der Waals surface area contributed by atoms with E-state index in [-0.39, 0.29) is 11.0 Å². The molecule has 2 rings (SSSR count). The maximum Gasteiger partial charge on any atom is 0.337 e. The van der Waals surface area contributed by atoms with Crippen LogP contribution in [0.2, 0.25) is 0 Å². The third kappa shape index (κ3) is 5.13. The van der Waals surface area contributed by atoms with E-state index in [1.54, 1.807) is 49.6 Å². The van der Waals surface area contributed by atoms with E-state index in [0.29, 0.717) is 22.6 Å². The summed E-state index contributed by atoms with van der Waals surface area (Å²) in [5, 5.41) is 5.64. The van der Waals surface area contributed by atoms with E-state index >= 15 is 0 Å². The highest BCUT2D eigenvalue weighted by Gasteiger charge is 2.11. The van der Waals surface area contributed by atoms with Gasteiger partial charge in [-0.15, -0.1) is 0 Å². The fourth-order valence-corrected chi connectivity index (χ4v) is 2.90. The maximum atomic E-state index is 12.2. The lowest BCUT2D eigenvalue weighted by Crippen LogP contribution is -2.34. The second-order valence-corrected chi connectivity index (χ2v) is 6.40. The number of methoxy groups -OCH3 is 2. The first-order valence-corrected chi connectivity index (χ1v) is 8.57. The summed E-state index contributed by atoms with van der Waals surface area (Å²) in [4.78, 5) is 23.6. The van der Waals surface area contributed by atoms with E-state index in [9.17, 15) is 9.59 Å². The van der Waals surface area contributed by atoms with Crippen LogP contribution in [-0.2, 0) is 4.74 Å². The molecule has 2 aromatic rings. The van der Waals surface area contributed by atoms with E-state index in [1.807, 2.05) is 0 Å². The predicted molar refractivity (Wildman–Crippen MR) is 107 cm³/mol. The lowest BCUT2D eigenvalue weighted by molar-refractivity contribution is 0.0600. The summed E-state index contributed by atoms with van der Waals surface area (Å²) in [5.74, 6) is -0.0515. The third-order valence-corrected chi connectivity index (χ3v) is 4.25. The van der Waals surface area contributed by atoms with E-state index in [0.717, 1.165) is 3.57 Å². The van der Waals surface area contributed by atoms with Crippen molar-refractivity contribution in [3.8, 4) is 5.75 Å². The number of carbonyl (C=O) groups is 2. The minimum Gasteiger partial charge on any atom is -0.496 e. The summed E-state index contributed by atoms with van der Waals surface area (Å²) < 4.78 is 10.6. The van der Waals surface area contributed by atoms with Crippen LogP contribution >= 0.6 is 34.8 Å². The number of benzene rings is 2. The van der Waals surface area contributed by atoms with Crippen LogP contribution in [0, 0.1) is 3.57 Å². The summed E-state index contributed by atoms with van der Waals surface area (Å²) in [5.41, 5.74) is 1.54. The van der Waals surface area contributed by atoms with E-state index < -0.39 is 5.97 Å². The zero-order valence-electron chi connectivity index (χ0n) is 13.5. The number of thiocarbonyl (C=S) groups is 1. The summed E-state index contributed by atoms with van der Waals surface area (Å²) in [7, 11) is 2.89. The van der Waals surface area contributed by atoms with Crippen molar-refractivity contribution in [2.75, 3.05) is 19.5 Å². The number of ether oxygens (including phenoxy) is 2. The SMILES string of the molecule is COC(=O)c1ccc(NC(=S)NC(=O)c2ccc(OC)c(I)c2)cc1. The van der Waals surface area contributed by atoms with Gasteiger partial charge < -0.3 is 14.8 Å². The molecule has 0 atom stereocenters. The standard InChI is InChI=1S/C17H15IN2O4S/c1-23-14-8-5-11(9-13(14)18)15(21)20-17(25)19-12-6-3-10(4-7-12)16(22)24-2/h3-9H,1-2H3,(H2,19,20,21,25). The Kier molecular flexibility index (Phi) is 6.71. The molecule has 0 heterocycles. The summed E-state index contributed by atoms with van der Waals surface area (Å²) in [6.45, 7) is 0. The molecule has 0 radical (unpaired) electrons. The van der Waals surface area contributed by atoms with Gasteiger partial charge in [0, 0.05) is 11.3 Å². The molecular formula is C17H15IN2O4S. The van der Waals surface area contributed by atoms with Crippen LogP contribution in [0.3, 0.4) is 0 Å². The zero-order chi connectivity index (χ0) is 18.4. The van der Waals surface area contributed by atoms with Crippen LogP contribution in [0.4, 0.5) is 5.69 Å². The normalized spacial score (nSPS) is 9.88. The highest BCUT2D eigenvalue weighted by molar-refractivity contribution is 14.1. The molecule has 0 aliphatic carbocycles. The van der Waals surface area contributed by atoms with Crippen molar-refractivity contribution in [2.24, 2.45) is 0 Å². The van der Waals surface area contributed by atoms with Crippen molar-refractivity contribution in [1.82, 2.24) is 5.32 Å². The van der Waals surface area contributed by atoms with E-state index in [1.165, 1.54) is 7.11 Å². The Morgan fingerprint density at radius 3 is 2.24 bits per heavy atom. The number of amides is 1. The van der Waals surface area contributed by atoms with E-state index in [2.05, 4.69) is 38.0 Å². The number of hydrogen-bond donors (Lipinski definition) is 2. The molecule has 2 aromatic carbocycles. The van der Waals surface area contributed by atoms with Crippen molar-refractivity contribution < 1.29 is 19.1 Å². The Morgan fingerprint density at radius 1 is 1.04 bits per heavy atom. The molecule has 0 aromatic heterocycles. The van der Waals surface area contributed by atoms with Gasteiger partial charge in [0.05, 0.1) is 23.4 Å². The average molecular weight is 470 g/mol. The molecule has 0 unspecified atom stereocenters. The summed E-state index contributed by atoms with van der Waals surface area (Å²) >= 11 is 7.23. The summed E-state index contributed by atoms with van der Waals surface area (Å²) in [6, 6.07) is 11.6. The summed E-state index contributed by atoms with van der Waals surface area (Å²) in [6.07, 6.45) is 0. The number of nitrogens with one attached hydrogen (secondary N) is 2. The molecule has 130 valence electrons. The van der Waals surface area contributed by atoms with Gasteiger partial charge in [-0.2, -0.15) is 0 Å². The van der Waals surface area contributed by atoms with Crippen molar-refractivity contribution in [1.29, 1.82) is 0 Å². The molecule has 0 aliphatic rings. The molecule has 0 aliphatic heterocycles. The highest BCUT2D eigenvalue weighted by atomic mass is 127. The van der Waals surface area contributed by atoms with Gasteiger partial charge in [-0.1, -0.05) is 0 Å². The van der Waals surface area contributed by atoms with Crippen LogP contribution in [0.25, 0.3) is 0 Å². The Morgan fingerprint density at radius 2 is 1.68 bits per heavy atom. The second-order valence-electron chi connectivity index (χ2n) is 4.83. The number of halogens is 1. The fourth-order valence-electron chi connectivity index (χ4n) is 1.95. The van der Waals surface area contributed by atoms with Gasteiger partial charge in [0.2, 0.25) is 0 Å². The predicted octanol–water partition coefficient (Wildman–Crippen LogP) is 3.21. The van der Waals surface area contributed by atoms with Crippen LogP contribution in [-0.4, -0.2) is 31.2 Å². The minimum atomic E-state index is -0.420. The lowest BCUT2D eigenvalue weighted by Gasteiger charge is -2.11. The highest BCUT2D eigenvalue weighted by Crippen LogP contribution is 2.21. The van der Waals surface area contributed by atoms with Crippen molar-refractivity contribution in [3.63, 3.8) is 0 Å². The number of hydrogen-bond acceptors (Lipinski definition) is 5. The number of esters is 1. The van der Waals surface area contributed by atoms with Crippen LogP contribution in [0.5, 0.6) is 5.75 Å². The molecule has 2 N–H and O–H groups in total. The van der Waals surface area contributed by atoms with Crippen molar-refractivity contribution >= 4 is 57.5 Å². The van der Waals surface area contributed by atoms with Crippen molar-refractivity contribution in [3.05, 3.63) is 57.2 Å². The van der Waals surface area contributed by atoms with Gasteiger partial charge in [-0.05, 0) is 77.3 Å².